The highest BCUT2D eigenvalue weighted by atomic mass is 32.1. The highest BCUT2D eigenvalue weighted by Crippen LogP contribution is 2.41. The smallest absolute Gasteiger partial charge is 0.228 e. The van der Waals surface area contributed by atoms with Crippen molar-refractivity contribution in [1.29, 1.82) is 0 Å². The molecular formula is C20H19FN6OS. The van der Waals surface area contributed by atoms with Crippen LogP contribution in [0.25, 0.3) is 20.3 Å². The normalized spacial score (nSPS) is 19.5. The summed E-state index contributed by atoms with van der Waals surface area (Å²) in [5.41, 5.74) is 1.85. The van der Waals surface area contributed by atoms with E-state index in [1.807, 2.05) is 17.0 Å². The van der Waals surface area contributed by atoms with Crippen LogP contribution in [0.4, 0.5) is 22.0 Å². The van der Waals surface area contributed by atoms with Crippen LogP contribution >= 0.6 is 11.3 Å². The van der Waals surface area contributed by atoms with E-state index in [0.717, 1.165) is 21.3 Å². The third-order valence-corrected chi connectivity index (χ3v) is 6.80. The molecule has 3 N–H and O–H groups in total. The zero-order valence-electron chi connectivity index (χ0n) is 15.5. The maximum atomic E-state index is 14.4. The Balaban J connectivity index is 1.50. The standard InChI is InChI=1S/C20H19FN6OS/c21-13-3-1-2-12-16-18(29-17(12)13)19(22-15-8-14(25-26-15)10-4-5-10)24-20(23-16)27-7-6-11(28)9-27/h1-3,8,10-11,28H,4-7,9H2,(H2,22,23,24,25,26)/t11-/m0/s1. The first-order chi connectivity index (χ1) is 14.2. The van der Waals surface area contributed by atoms with Crippen LogP contribution in [0.1, 0.15) is 30.9 Å². The van der Waals surface area contributed by atoms with Crippen LogP contribution < -0.4 is 10.2 Å². The van der Waals surface area contributed by atoms with Crippen LogP contribution in [0.15, 0.2) is 24.3 Å². The van der Waals surface area contributed by atoms with E-state index in [1.165, 1.54) is 30.2 Å². The number of nitrogens with one attached hydrogen (secondary N) is 2. The van der Waals surface area contributed by atoms with Crippen molar-refractivity contribution in [1.82, 2.24) is 20.2 Å². The van der Waals surface area contributed by atoms with Gasteiger partial charge in [-0.05, 0) is 25.3 Å². The van der Waals surface area contributed by atoms with E-state index in [0.29, 0.717) is 47.7 Å². The second-order valence-corrected chi connectivity index (χ2v) is 8.79. The predicted molar refractivity (Wildman–Crippen MR) is 112 cm³/mol. The van der Waals surface area contributed by atoms with Gasteiger partial charge in [0.15, 0.2) is 11.6 Å². The van der Waals surface area contributed by atoms with Gasteiger partial charge >= 0.3 is 0 Å². The molecule has 2 aliphatic rings. The van der Waals surface area contributed by atoms with Crippen molar-refractivity contribution in [2.24, 2.45) is 0 Å². The van der Waals surface area contributed by atoms with Gasteiger partial charge in [0, 0.05) is 36.2 Å². The molecule has 1 aliphatic heterocycles. The third kappa shape index (κ3) is 2.92. The minimum atomic E-state index is -0.380. The molecule has 3 aromatic heterocycles. The number of hydrogen-bond acceptors (Lipinski definition) is 7. The molecule has 1 aromatic carbocycles. The molecule has 1 aliphatic carbocycles. The summed E-state index contributed by atoms with van der Waals surface area (Å²) in [5, 5.41) is 21.5. The second-order valence-electron chi connectivity index (χ2n) is 7.76. The van der Waals surface area contributed by atoms with Crippen molar-refractivity contribution < 1.29 is 9.50 Å². The zero-order chi connectivity index (χ0) is 19.5. The molecule has 1 saturated carbocycles. The SMILES string of the molecule is O[C@H]1CCN(c2nc(Nc3cc(C4CC4)[nH]n3)c3sc4c(F)cccc4c3n2)C1. The highest BCUT2D eigenvalue weighted by Gasteiger charge is 2.27. The molecular weight excluding hydrogens is 391 g/mol. The molecule has 4 aromatic rings. The molecule has 7 nitrogen and oxygen atoms in total. The number of H-pyrrole nitrogens is 1. The third-order valence-electron chi connectivity index (χ3n) is 5.59. The number of aromatic amines is 1. The van der Waals surface area contributed by atoms with Gasteiger partial charge in [-0.3, -0.25) is 5.10 Å². The first-order valence-corrected chi connectivity index (χ1v) is 10.6. The summed E-state index contributed by atoms with van der Waals surface area (Å²) >= 11 is 1.34. The number of halogens is 1. The molecule has 0 unspecified atom stereocenters. The molecule has 0 radical (unpaired) electrons. The molecule has 9 heteroatoms. The van der Waals surface area contributed by atoms with Crippen LogP contribution in [0.3, 0.4) is 0 Å². The van der Waals surface area contributed by atoms with Gasteiger partial charge in [-0.15, -0.1) is 11.3 Å². The van der Waals surface area contributed by atoms with Crippen LogP contribution in [0, 0.1) is 5.82 Å². The van der Waals surface area contributed by atoms with Gasteiger partial charge in [-0.1, -0.05) is 12.1 Å². The fourth-order valence-electron chi connectivity index (χ4n) is 3.89. The second kappa shape index (κ2) is 6.36. The first kappa shape index (κ1) is 17.1. The summed E-state index contributed by atoms with van der Waals surface area (Å²) in [7, 11) is 0. The number of rotatable bonds is 4. The molecule has 4 heterocycles. The van der Waals surface area contributed by atoms with Gasteiger partial charge in [-0.25, -0.2) is 9.37 Å². The quantitative estimate of drug-likeness (QED) is 0.473. The highest BCUT2D eigenvalue weighted by molar-refractivity contribution is 7.26. The number of aliphatic hydroxyl groups excluding tert-OH is 1. The monoisotopic (exact) mass is 410 g/mol. The number of aliphatic hydroxyl groups is 1. The van der Waals surface area contributed by atoms with E-state index in [2.05, 4.69) is 15.5 Å². The van der Waals surface area contributed by atoms with Gasteiger partial charge in [-0.2, -0.15) is 10.1 Å². The Labute approximate surface area is 169 Å². The lowest BCUT2D eigenvalue weighted by Gasteiger charge is -2.16. The fraction of sp³-hybridized carbons (Fsp3) is 0.350. The number of aromatic nitrogens is 4. The molecule has 0 bridgehead atoms. The van der Waals surface area contributed by atoms with Gasteiger partial charge in [0.05, 0.1) is 21.0 Å². The van der Waals surface area contributed by atoms with Crippen LogP contribution in [0.5, 0.6) is 0 Å². The molecule has 2 fully saturated rings. The van der Waals surface area contributed by atoms with Crippen LogP contribution in [-0.2, 0) is 0 Å². The summed E-state index contributed by atoms with van der Waals surface area (Å²) in [6, 6.07) is 7.06. The minimum Gasteiger partial charge on any atom is -0.391 e. The lowest BCUT2D eigenvalue weighted by atomic mass is 10.2. The van der Waals surface area contributed by atoms with Crippen molar-refractivity contribution in [3.63, 3.8) is 0 Å². The van der Waals surface area contributed by atoms with Crippen molar-refractivity contribution in [2.75, 3.05) is 23.3 Å². The summed E-state index contributed by atoms with van der Waals surface area (Å²) in [6.07, 6.45) is 2.69. The number of anilines is 3. The summed E-state index contributed by atoms with van der Waals surface area (Å²) in [4.78, 5) is 11.5. The minimum absolute atomic E-state index is 0.259. The van der Waals surface area contributed by atoms with E-state index >= 15 is 0 Å². The molecule has 0 spiro atoms. The summed E-state index contributed by atoms with van der Waals surface area (Å²) in [5.74, 6) is 2.16. The Morgan fingerprint density at radius 2 is 2.10 bits per heavy atom. The predicted octanol–water partition coefficient (Wildman–Crippen LogP) is 3.90. The topological polar surface area (TPSA) is 90.0 Å². The Hall–Kier alpha value is -2.78. The first-order valence-electron chi connectivity index (χ1n) is 9.80. The Kier molecular flexibility index (Phi) is 3.75. The number of β-amino-alcohol motifs (C(OH)–C–C–N with tert-alkyl or cyclic N) is 1. The van der Waals surface area contributed by atoms with Gasteiger partial charge < -0.3 is 15.3 Å². The molecule has 1 saturated heterocycles. The van der Waals surface area contributed by atoms with Gasteiger partial charge in [0.1, 0.15) is 5.82 Å². The molecule has 1 atom stereocenters. The van der Waals surface area contributed by atoms with Gasteiger partial charge in [0.2, 0.25) is 5.95 Å². The maximum Gasteiger partial charge on any atom is 0.228 e. The molecule has 0 amide bonds. The van der Waals surface area contributed by atoms with Crippen LogP contribution in [-0.4, -0.2) is 44.5 Å². The maximum absolute atomic E-state index is 14.4. The summed E-state index contributed by atoms with van der Waals surface area (Å²) in [6.45, 7) is 1.19. The number of fused-ring (bicyclic) bond motifs is 3. The molecule has 29 heavy (non-hydrogen) atoms. The lowest BCUT2D eigenvalue weighted by Crippen LogP contribution is -2.23. The largest absolute Gasteiger partial charge is 0.391 e. The fourth-order valence-corrected chi connectivity index (χ4v) is 4.98. The number of nitrogens with zero attached hydrogens (tertiary/aromatic N) is 4. The van der Waals surface area contributed by atoms with E-state index in [1.54, 1.807) is 6.07 Å². The van der Waals surface area contributed by atoms with E-state index < -0.39 is 0 Å². The number of hydrogen-bond donors (Lipinski definition) is 3. The Bertz CT molecular complexity index is 1230. The van der Waals surface area contributed by atoms with Crippen molar-refractivity contribution in [3.8, 4) is 0 Å². The van der Waals surface area contributed by atoms with Gasteiger partial charge in [0.25, 0.3) is 0 Å². The summed E-state index contributed by atoms with van der Waals surface area (Å²) < 4.78 is 15.8. The van der Waals surface area contributed by atoms with Crippen molar-refractivity contribution in [3.05, 3.63) is 35.8 Å². The average molecular weight is 410 g/mol. The Morgan fingerprint density at radius 1 is 1.21 bits per heavy atom. The average Bonchev–Trinajstić information content (AvgIpc) is 3.11. The molecule has 6 rings (SSSR count). The number of thiophene rings is 1. The number of benzene rings is 1. The zero-order valence-corrected chi connectivity index (χ0v) is 16.3. The van der Waals surface area contributed by atoms with E-state index in [-0.39, 0.29) is 11.9 Å². The van der Waals surface area contributed by atoms with Crippen LogP contribution in [0.2, 0.25) is 0 Å². The van der Waals surface area contributed by atoms with Crippen molar-refractivity contribution >= 4 is 49.2 Å². The van der Waals surface area contributed by atoms with E-state index in [9.17, 15) is 9.50 Å². The molecule has 148 valence electrons. The Morgan fingerprint density at radius 3 is 2.90 bits per heavy atom. The van der Waals surface area contributed by atoms with Crippen molar-refractivity contribution in [2.45, 2.75) is 31.3 Å². The van der Waals surface area contributed by atoms with E-state index in [4.69, 9.17) is 9.97 Å². The lowest BCUT2D eigenvalue weighted by molar-refractivity contribution is 0.198.